The summed E-state index contributed by atoms with van der Waals surface area (Å²) in [6.45, 7) is 5.54. The van der Waals surface area contributed by atoms with Crippen LogP contribution in [-0.2, 0) is 4.74 Å². The van der Waals surface area contributed by atoms with Crippen LogP contribution in [0.5, 0.6) is 0 Å². The highest BCUT2D eigenvalue weighted by molar-refractivity contribution is 5.01. The van der Waals surface area contributed by atoms with Crippen LogP contribution in [0.4, 0.5) is 0 Å². The molecule has 0 fully saturated rings. The molecule has 0 saturated heterocycles. The summed E-state index contributed by atoms with van der Waals surface area (Å²) in [5, 5.41) is 0. The number of ether oxygens (including phenoxy) is 1. The van der Waals surface area contributed by atoms with E-state index < -0.39 is 0 Å². The van der Waals surface area contributed by atoms with Crippen LogP contribution in [0.2, 0.25) is 0 Å². The maximum absolute atomic E-state index is 5.38. The topological polar surface area (TPSA) is 9.23 Å². The van der Waals surface area contributed by atoms with Gasteiger partial charge in [-0.1, -0.05) is 77.1 Å². The van der Waals surface area contributed by atoms with E-state index in [1.807, 2.05) is 0 Å². The molecule has 0 bridgehead atoms. The fourth-order valence-corrected chi connectivity index (χ4v) is 2.07. The van der Waals surface area contributed by atoms with E-state index in [9.17, 15) is 0 Å². The van der Waals surface area contributed by atoms with Gasteiger partial charge in [0.05, 0.1) is 0 Å². The van der Waals surface area contributed by atoms with Gasteiger partial charge in [0, 0.05) is 12.8 Å². The largest absolute Gasteiger partial charge is 0.356 e. The molecule has 0 saturated carbocycles. The first kappa shape index (κ1) is 20.1. The lowest BCUT2D eigenvalue weighted by molar-refractivity contribution is 0.204. The van der Waals surface area contributed by atoms with Gasteiger partial charge in [-0.15, -0.1) is 11.8 Å². The minimum atomic E-state index is 0.528. The smallest absolute Gasteiger partial charge is 0.109 e. The summed E-state index contributed by atoms with van der Waals surface area (Å²) in [6, 6.07) is 0. The average Bonchev–Trinajstić information content (AvgIpc) is 2.50. The van der Waals surface area contributed by atoms with Crippen molar-refractivity contribution < 1.29 is 4.74 Å². The zero-order valence-corrected chi connectivity index (χ0v) is 14.3. The van der Waals surface area contributed by atoms with Crippen LogP contribution in [0.15, 0.2) is 0 Å². The van der Waals surface area contributed by atoms with Crippen LogP contribution in [-0.4, -0.2) is 13.2 Å². The molecule has 0 heterocycles. The maximum atomic E-state index is 5.38. The molecule has 0 aromatic rings. The molecule has 0 radical (unpaired) electrons. The second-order valence-corrected chi connectivity index (χ2v) is 5.53. The molecule has 0 aliphatic carbocycles. The predicted molar refractivity (Wildman–Crippen MR) is 93.1 cm³/mol. The van der Waals surface area contributed by atoms with Gasteiger partial charge in [-0.05, 0) is 12.8 Å². The van der Waals surface area contributed by atoms with E-state index in [0.29, 0.717) is 13.2 Å². The molecular weight excluding hydrogens is 256 g/mol. The van der Waals surface area contributed by atoms with Gasteiger partial charge in [-0.25, -0.2) is 0 Å². The Balaban J connectivity index is 3.21. The van der Waals surface area contributed by atoms with E-state index in [1.165, 1.54) is 64.2 Å². The minimum absolute atomic E-state index is 0.528. The monoisotopic (exact) mass is 290 g/mol. The highest BCUT2D eigenvalue weighted by atomic mass is 16.5. The first-order valence-corrected chi connectivity index (χ1v) is 8.91. The molecule has 0 N–H and O–H groups in total. The number of rotatable bonds is 12. The number of hydrogen-bond donors (Lipinski definition) is 0. The lowest BCUT2D eigenvalue weighted by Crippen LogP contribution is -1.91. The molecule has 21 heavy (non-hydrogen) atoms. The van der Waals surface area contributed by atoms with E-state index in [0.717, 1.165) is 12.8 Å². The van der Waals surface area contributed by atoms with Crippen molar-refractivity contribution in [2.24, 2.45) is 0 Å². The molecule has 0 aliphatic heterocycles. The van der Waals surface area contributed by atoms with Crippen molar-refractivity contribution in [3.8, 4) is 23.7 Å². The predicted octanol–water partition coefficient (Wildman–Crippen LogP) is 5.73. The molecule has 0 unspecified atom stereocenters. The van der Waals surface area contributed by atoms with Gasteiger partial charge in [-0.2, -0.15) is 0 Å². The second-order valence-electron chi connectivity index (χ2n) is 5.53. The summed E-state index contributed by atoms with van der Waals surface area (Å²) in [5.74, 6) is 12.5. The standard InChI is InChI=1S/C20H34O/c1-3-5-7-9-11-13-15-17-19-21-20-18-16-14-12-10-8-6-4-2/h3-14,19-20H2,1-2H3. The fraction of sp³-hybridized carbons (Fsp3) is 0.800. The summed E-state index contributed by atoms with van der Waals surface area (Å²) >= 11 is 0. The van der Waals surface area contributed by atoms with E-state index in [1.54, 1.807) is 0 Å². The normalized spacial score (nSPS) is 9.62. The third-order valence-electron chi connectivity index (χ3n) is 3.41. The average molecular weight is 290 g/mol. The van der Waals surface area contributed by atoms with Crippen LogP contribution in [0.3, 0.4) is 0 Å². The summed E-state index contributed by atoms with van der Waals surface area (Å²) in [4.78, 5) is 0. The van der Waals surface area contributed by atoms with Crippen molar-refractivity contribution >= 4 is 0 Å². The zero-order valence-electron chi connectivity index (χ0n) is 14.3. The maximum Gasteiger partial charge on any atom is 0.109 e. The van der Waals surface area contributed by atoms with Gasteiger partial charge >= 0.3 is 0 Å². The van der Waals surface area contributed by atoms with Crippen molar-refractivity contribution in [1.82, 2.24) is 0 Å². The lowest BCUT2D eigenvalue weighted by atomic mass is 10.1. The molecule has 0 aliphatic rings. The Morgan fingerprint density at radius 3 is 1.38 bits per heavy atom. The minimum Gasteiger partial charge on any atom is -0.356 e. The van der Waals surface area contributed by atoms with Gasteiger partial charge in [-0.3, -0.25) is 0 Å². The quantitative estimate of drug-likeness (QED) is 0.329. The molecule has 0 spiro atoms. The molecule has 0 amide bonds. The Morgan fingerprint density at radius 1 is 0.524 bits per heavy atom. The Bertz CT molecular complexity index is 278. The lowest BCUT2D eigenvalue weighted by Gasteiger charge is -1.95. The summed E-state index contributed by atoms with van der Waals surface area (Å²) in [6.07, 6.45) is 15.1. The molecule has 120 valence electrons. The van der Waals surface area contributed by atoms with Crippen LogP contribution < -0.4 is 0 Å². The number of hydrogen-bond acceptors (Lipinski definition) is 1. The zero-order chi connectivity index (χ0) is 15.4. The van der Waals surface area contributed by atoms with E-state index in [2.05, 4.69) is 37.5 Å². The Hall–Kier alpha value is -0.920. The molecule has 1 nitrogen and oxygen atoms in total. The van der Waals surface area contributed by atoms with Gasteiger partial charge in [0.2, 0.25) is 0 Å². The van der Waals surface area contributed by atoms with Crippen molar-refractivity contribution in [3.05, 3.63) is 0 Å². The van der Waals surface area contributed by atoms with Crippen LogP contribution in [0.1, 0.15) is 90.9 Å². The van der Waals surface area contributed by atoms with Crippen molar-refractivity contribution in [2.75, 3.05) is 13.2 Å². The van der Waals surface area contributed by atoms with Crippen LogP contribution in [0.25, 0.3) is 0 Å². The van der Waals surface area contributed by atoms with Crippen LogP contribution >= 0.6 is 0 Å². The first-order chi connectivity index (χ1) is 10.4. The van der Waals surface area contributed by atoms with Gasteiger partial charge < -0.3 is 4.74 Å². The first-order valence-electron chi connectivity index (χ1n) is 8.91. The molecular formula is C20H34O. The summed E-state index contributed by atoms with van der Waals surface area (Å²) < 4.78 is 5.38. The Morgan fingerprint density at radius 2 is 0.952 bits per heavy atom. The van der Waals surface area contributed by atoms with Crippen LogP contribution in [0, 0.1) is 23.7 Å². The Kier molecular flexibility index (Phi) is 18.2. The third kappa shape index (κ3) is 19.1. The molecule has 0 aromatic carbocycles. The SMILES string of the molecule is CCCCCCCC#CCOCC#CCCCCCCC. The van der Waals surface area contributed by atoms with Crippen molar-refractivity contribution in [2.45, 2.75) is 90.9 Å². The summed E-state index contributed by atoms with van der Waals surface area (Å²) in [5.41, 5.74) is 0. The third-order valence-corrected chi connectivity index (χ3v) is 3.41. The second kappa shape index (κ2) is 19.1. The highest BCUT2D eigenvalue weighted by Crippen LogP contribution is 2.04. The van der Waals surface area contributed by atoms with Crippen molar-refractivity contribution in [3.63, 3.8) is 0 Å². The Labute approximate surface area is 133 Å². The van der Waals surface area contributed by atoms with E-state index in [4.69, 9.17) is 4.74 Å². The molecule has 0 atom stereocenters. The van der Waals surface area contributed by atoms with Gasteiger partial charge in [0.1, 0.15) is 13.2 Å². The summed E-state index contributed by atoms with van der Waals surface area (Å²) in [7, 11) is 0. The highest BCUT2D eigenvalue weighted by Gasteiger charge is 1.87. The fourth-order valence-electron chi connectivity index (χ4n) is 2.07. The van der Waals surface area contributed by atoms with Crippen molar-refractivity contribution in [1.29, 1.82) is 0 Å². The molecule has 0 rings (SSSR count). The number of unbranched alkanes of at least 4 members (excludes halogenated alkanes) is 10. The molecule has 1 heteroatoms. The van der Waals surface area contributed by atoms with E-state index >= 15 is 0 Å². The van der Waals surface area contributed by atoms with Gasteiger partial charge in [0.15, 0.2) is 0 Å². The molecule has 0 aromatic heterocycles. The van der Waals surface area contributed by atoms with Gasteiger partial charge in [0.25, 0.3) is 0 Å². The van der Waals surface area contributed by atoms with E-state index in [-0.39, 0.29) is 0 Å².